The van der Waals surface area contributed by atoms with Gasteiger partial charge in [-0.15, -0.1) is 12.4 Å². The Morgan fingerprint density at radius 2 is 1.74 bits per heavy atom. The van der Waals surface area contributed by atoms with Gasteiger partial charge >= 0.3 is 0 Å². The molecule has 1 N–H and O–H groups in total. The standard InChI is InChI=1S/C22H27Cl2NO.ClH/c23-20-6-7-21(22(24)15-20)19(16-26)10-13-25-11-8-18(9-12-25)14-17-4-2-1-3-5-17;/h1-7,15,18-19,26H,8-14,16H2;1H. The Labute approximate surface area is 178 Å². The summed E-state index contributed by atoms with van der Waals surface area (Å²) in [6.07, 6.45) is 4.61. The van der Waals surface area contributed by atoms with Crippen molar-refractivity contribution in [1.29, 1.82) is 0 Å². The lowest BCUT2D eigenvalue weighted by atomic mass is 9.89. The molecule has 1 atom stereocenters. The van der Waals surface area contributed by atoms with Crippen molar-refractivity contribution in [2.45, 2.75) is 31.6 Å². The Morgan fingerprint density at radius 1 is 1.04 bits per heavy atom. The van der Waals surface area contributed by atoms with Crippen LogP contribution in [0.5, 0.6) is 0 Å². The Morgan fingerprint density at radius 3 is 2.37 bits per heavy atom. The summed E-state index contributed by atoms with van der Waals surface area (Å²) in [6.45, 7) is 3.40. The number of halogens is 3. The van der Waals surface area contributed by atoms with Gasteiger partial charge in [0.05, 0.1) is 6.61 Å². The first-order valence-corrected chi connectivity index (χ1v) is 10.2. The van der Waals surface area contributed by atoms with Gasteiger partial charge in [-0.25, -0.2) is 0 Å². The zero-order valence-electron chi connectivity index (χ0n) is 15.5. The Hall–Kier alpha value is -0.770. The van der Waals surface area contributed by atoms with E-state index < -0.39 is 0 Å². The lowest BCUT2D eigenvalue weighted by molar-refractivity contribution is 0.169. The number of nitrogens with zero attached hydrogens (tertiary/aromatic N) is 1. The normalized spacial score (nSPS) is 16.7. The molecule has 1 aliphatic heterocycles. The summed E-state index contributed by atoms with van der Waals surface area (Å²) in [5.41, 5.74) is 2.45. The SMILES string of the molecule is Cl.OCC(CCN1CCC(Cc2ccccc2)CC1)c1ccc(Cl)cc1Cl. The third-order valence-corrected chi connectivity index (χ3v) is 6.05. The van der Waals surface area contributed by atoms with Crippen molar-refractivity contribution < 1.29 is 5.11 Å². The lowest BCUT2D eigenvalue weighted by Crippen LogP contribution is -2.35. The maximum absolute atomic E-state index is 9.80. The second-order valence-corrected chi connectivity index (χ2v) is 8.15. The van der Waals surface area contributed by atoms with Crippen molar-refractivity contribution >= 4 is 35.6 Å². The predicted molar refractivity (Wildman–Crippen MR) is 117 cm³/mol. The molecule has 0 amide bonds. The molecule has 0 aromatic heterocycles. The summed E-state index contributed by atoms with van der Waals surface area (Å²) in [6, 6.07) is 16.3. The van der Waals surface area contributed by atoms with Crippen LogP contribution in [0.1, 0.15) is 36.3 Å². The number of hydrogen-bond donors (Lipinski definition) is 1. The van der Waals surface area contributed by atoms with Crippen molar-refractivity contribution in [3.63, 3.8) is 0 Å². The summed E-state index contributed by atoms with van der Waals surface area (Å²) in [5.74, 6) is 0.856. The number of hydrogen-bond acceptors (Lipinski definition) is 2. The van der Waals surface area contributed by atoms with E-state index in [4.69, 9.17) is 23.2 Å². The van der Waals surface area contributed by atoms with Gasteiger partial charge in [0.15, 0.2) is 0 Å². The number of piperidine rings is 1. The molecule has 0 aliphatic carbocycles. The van der Waals surface area contributed by atoms with E-state index in [9.17, 15) is 5.11 Å². The molecule has 2 nitrogen and oxygen atoms in total. The zero-order chi connectivity index (χ0) is 18.4. The molecule has 1 unspecified atom stereocenters. The molecule has 0 saturated carbocycles. The van der Waals surface area contributed by atoms with Gasteiger partial charge in [0, 0.05) is 16.0 Å². The van der Waals surface area contributed by atoms with Crippen molar-refractivity contribution in [3.05, 3.63) is 69.7 Å². The van der Waals surface area contributed by atoms with Crippen molar-refractivity contribution in [2.24, 2.45) is 5.92 Å². The van der Waals surface area contributed by atoms with Crippen LogP contribution < -0.4 is 0 Å². The lowest BCUT2D eigenvalue weighted by Gasteiger charge is -2.33. The Kier molecular flexibility index (Phi) is 9.41. The van der Waals surface area contributed by atoms with Crippen LogP contribution in [-0.2, 0) is 6.42 Å². The molecule has 148 valence electrons. The molecule has 0 spiro atoms. The largest absolute Gasteiger partial charge is 0.396 e. The highest BCUT2D eigenvalue weighted by molar-refractivity contribution is 6.35. The second-order valence-electron chi connectivity index (χ2n) is 7.31. The van der Waals surface area contributed by atoms with E-state index in [1.165, 1.54) is 24.8 Å². The number of aliphatic hydroxyl groups is 1. The van der Waals surface area contributed by atoms with Crippen molar-refractivity contribution in [2.75, 3.05) is 26.2 Å². The summed E-state index contributed by atoms with van der Waals surface area (Å²) < 4.78 is 0. The average molecular weight is 429 g/mol. The highest BCUT2D eigenvalue weighted by Crippen LogP contribution is 2.30. The van der Waals surface area contributed by atoms with Gasteiger partial charge in [-0.2, -0.15) is 0 Å². The molecular formula is C22H28Cl3NO. The Bertz CT molecular complexity index is 687. The van der Waals surface area contributed by atoms with E-state index >= 15 is 0 Å². The first-order chi connectivity index (χ1) is 12.7. The minimum absolute atomic E-state index is 0. The van der Waals surface area contributed by atoms with Gasteiger partial charge in [-0.05, 0) is 74.5 Å². The molecule has 1 saturated heterocycles. The second kappa shape index (κ2) is 11.3. The van der Waals surface area contributed by atoms with Crippen molar-refractivity contribution in [1.82, 2.24) is 4.90 Å². The Balaban J connectivity index is 0.00000261. The van der Waals surface area contributed by atoms with E-state index in [1.807, 2.05) is 12.1 Å². The number of likely N-dealkylation sites (tertiary alicyclic amines) is 1. The third-order valence-electron chi connectivity index (χ3n) is 5.49. The molecule has 0 radical (unpaired) electrons. The van der Waals surface area contributed by atoms with Crippen LogP contribution in [-0.4, -0.2) is 36.2 Å². The van der Waals surface area contributed by atoms with E-state index in [2.05, 4.69) is 35.2 Å². The molecule has 1 aliphatic rings. The predicted octanol–water partition coefficient (Wildman–Crippen LogP) is 5.84. The molecule has 27 heavy (non-hydrogen) atoms. The first-order valence-electron chi connectivity index (χ1n) is 9.48. The van der Waals surface area contributed by atoms with Gasteiger partial charge in [0.1, 0.15) is 0 Å². The van der Waals surface area contributed by atoms with Crippen LogP contribution in [0.2, 0.25) is 10.0 Å². The first kappa shape index (κ1) is 22.5. The van der Waals surface area contributed by atoms with E-state index in [0.717, 1.165) is 37.5 Å². The minimum atomic E-state index is 0. The molecule has 0 bridgehead atoms. The molecule has 1 fully saturated rings. The minimum Gasteiger partial charge on any atom is -0.396 e. The molecule has 5 heteroatoms. The van der Waals surface area contributed by atoms with Crippen LogP contribution >= 0.6 is 35.6 Å². The highest BCUT2D eigenvalue weighted by atomic mass is 35.5. The number of aliphatic hydroxyl groups excluding tert-OH is 1. The van der Waals surface area contributed by atoms with Crippen LogP contribution in [0.25, 0.3) is 0 Å². The summed E-state index contributed by atoms with van der Waals surface area (Å²) in [7, 11) is 0. The van der Waals surface area contributed by atoms with Gasteiger partial charge < -0.3 is 10.0 Å². The molecular weight excluding hydrogens is 401 g/mol. The van der Waals surface area contributed by atoms with Crippen LogP contribution in [0.15, 0.2) is 48.5 Å². The van der Waals surface area contributed by atoms with Crippen LogP contribution in [0.4, 0.5) is 0 Å². The average Bonchev–Trinajstić information content (AvgIpc) is 2.65. The zero-order valence-corrected chi connectivity index (χ0v) is 17.8. The fourth-order valence-corrected chi connectivity index (χ4v) is 4.44. The molecule has 2 aromatic carbocycles. The van der Waals surface area contributed by atoms with Gasteiger partial charge in [-0.1, -0.05) is 59.6 Å². The van der Waals surface area contributed by atoms with Crippen molar-refractivity contribution in [3.8, 4) is 0 Å². The fraction of sp³-hybridized carbons (Fsp3) is 0.455. The smallest absolute Gasteiger partial charge is 0.0500 e. The van der Waals surface area contributed by atoms with Gasteiger partial charge in [0.2, 0.25) is 0 Å². The maximum Gasteiger partial charge on any atom is 0.0500 e. The maximum atomic E-state index is 9.80. The quantitative estimate of drug-likeness (QED) is 0.599. The van der Waals surface area contributed by atoms with Crippen LogP contribution in [0.3, 0.4) is 0 Å². The van der Waals surface area contributed by atoms with Gasteiger partial charge in [0.25, 0.3) is 0 Å². The summed E-state index contributed by atoms with van der Waals surface area (Å²) >= 11 is 12.3. The molecule has 2 aromatic rings. The monoisotopic (exact) mass is 427 g/mol. The summed E-state index contributed by atoms with van der Waals surface area (Å²) in [4.78, 5) is 2.52. The summed E-state index contributed by atoms with van der Waals surface area (Å²) in [5, 5.41) is 11.1. The van der Waals surface area contributed by atoms with E-state index in [-0.39, 0.29) is 24.9 Å². The van der Waals surface area contributed by atoms with Gasteiger partial charge in [-0.3, -0.25) is 0 Å². The fourth-order valence-electron chi connectivity index (χ4n) is 3.88. The number of benzene rings is 2. The highest BCUT2D eigenvalue weighted by Gasteiger charge is 2.21. The van der Waals surface area contributed by atoms with Crippen LogP contribution in [0, 0.1) is 5.92 Å². The molecule has 1 heterocycles. The van der Waals surface area contributed by atoms with E-state index in [0.29, 0.717) is 10.0 Å². The topological polar surface area (TPSA) is 23.5 Å². The third kappa shape index (κ3) is 6.66. The number of rotatable bonds is 7. The van der Waals surface area contributed by atoms with E-state index in [1.54, 1.807) is 6.07 Å². The molecule has 3 rings (SSSR count).